The molecule has 1 aliphatic rings. The Morgan fingerprint density at radius 1 is 1.40 bits per heavy atom. The minimum atomic E-state index is -3.11. The van der Waals surface area contributed by atoms with Gasteiger partial charge in [-0.05, 0) is 12.5 Å². The summed E-state index contributed by atoms with van der Waals surface area (Å²) in [6.45, 7) is 0.891. The third kappa shape index (κ3) is 3.41. The maximum atomic E-state index is 13.0. The lowest BCUT2D eigenvalue weighted by atomic mass is 9.88. The van der Waals surface area contributed by atoms with E-state index in [4.69, 9.17) is 16.9 Å². The first-order valence-corrected chi connectivity index (χ1v) is 9.28. The number of hydrogen-bond acceptors (Lipinski definition) is 6. The second kappa shape index (κ2) is 7.18. The number of rotatable bonds is 4. The molecule has 0 aliphatic heterocycles. The molecule has 1 amide bonds. The first-order valence-electron chi connectivity index (χ1n) is 8.90. The first-order chi connectivity index (χ1) is 14.2. The van der Waals surface area contributed by atoms with Gasteiger partial charge in [0.25, 0.3) is 0 Å². The first kappa shape index (κ1) is 20.0. The van der Waals surface area contributed by atoms with Crippen molar-refractivity contribution in [1.82, 2.24) is 19.6 Å². The maximum Gasteiger partial charge on any atom is 0.388 e. The Morgan fingerprint density at radius 2 is 2.17 bits per heavy atom. The van der Waals surface area contributed by atoms with E-state index in [2.05, 4.69) is 25.1 Å². The number of halogens is 3. The van der Waals surface area contributed by atoms with E-state index >= 15 is 0 Å². The van der Waals surface area contributed by atoms with E-state index in [1.165, 1.54) is 6.07 Å². The van der Waals surface area contributed by atoms with Crippen LogP contribution in [0.4, 0.5) is 14.5 Å². The van der Waals surface area contributed by atoms with Gasteiger partial charge < -0.3 is 10.1 Å². The molecule has 0 aromatic carbocycles. The van der Waals surface area contributed by atoms with E-state index in [0.717, 1.165) is 17.5 Å². The van der Waals surface area contributed by atoms with Crippen LogP contribution < -0.4 is 10.1 Å². The number of nitrogens with zero attached hydrogens (tertiary/aromatic N) is 5. The smallest absolute Gasteiger partial charge is 0.388 e. The van der Waals surface area contributed by atoms with Crippen LogP contribution in [-0.4, -0.2) is 32.1 Å². The summed E-state index contributed by atoms with van der Waals surface area (Å²) in [6, 6.07) is 4.61. The molecule has 0 fully saturated rings. The number of fused-ring (bicyclic) bond motifs is 3. The van der Waals surface area contributed by atoms with E-state index in [0.29, 0.717) is 17.2 Å². The number of aromatic nitrogens is 4. The van der Waals surface area contributed by atoms with Crippen molar-refractivity contribution in [2.45, 2.75) is 38.2 Å². The molecule has 1 atom stereocenters. The van der Waals surface area contributed by atoms with Crippen molar-refractivity contribution in [3.8, 4) is 11.9 Å². The quantitative estimate of drug-likeness (QED) is 0.674. The average molecular weight is 433 g/mol. The van der Waals surface area contributed by atoms with E-state index in [-0.39, 0.29) is 22.6 Å². The van der Waals surface area contributed by atoms with Gasteiger partial charge >= 0.3 is 6.61 Å². The third-order valence-corrected chi connectivity index (χ3v) is 5.15. The summed E-state index contributed by atoms with van der Waals surface area (Å²) in [4.78, 5) is 21.1. The SMILES string of the molecule is CC1(C)C[C@@H](C(=O)Nc2cnc(OC(F)F)c(C#N)c2)c2cnc3cc(Cl)nn3c21. The van der Waals surface area contributed by atoms with Crippen LogP contribution in [0.2, 0.25) is 5.15 Å². The molecule has 3 aromatic heterocycles. The Hall–Kier alpha value is -3.32. The molecular weight excluding hydrogens is 418 g/mol. The summed E-state index contributed by atoms with van der Waals surface area (Å²) in [5.74, 6) is -1.37. The van der Waals surface area contributed by atoms with Gasteiger partial charge in [0, 0.05) is 23.2 Å². The van der Waals surface area contributed by atoms with Crippen LogP contribution in [0.25, 0.3) is 5.65 Å². The highest BCUT2D eigenvalue weighted by Gasteiger charge is 2.43. The fourth-order valence-corrected chi connectivity index (χ4v) is 3.98. The molecule has 11 heteroatoms. The van der Waals surface area contributed by atoms with Crippen molar-refractivity contribution >= 4 is 28.8 Å². The van der Waals surface area contributed by atoms with Gasteiger partial charge in [-0.25, -0.2) is 14.5 Å². The van der Waals surface area contributed by atoms with Crippen LogP contribution in [0.15, 0.2) is 24.5 Å². The molecule has 3 heterocycles. The number of nitrogens with one attached hydrogen (secondary N) is 1. The van der Waals surface area contributed by atoms with Crippen molar-refractivity contribution in [3.63, 3.8) is 0 Å². The lowest BCUT2D eigenvalue weighted by Gasteiger charge is -2.19. The summed E-state index contributed by atoms with van der Waals surface area (Å²) in [5.41, 5.74) is 1.76. The molecule has 8 nitrogen and oxygen atoms in total. The zero-order valence-corrected chi connectivity index (χ0v) is 16.6. The van der Waals surface area contributed by atoms with Gasteiger partial charge in [0.15, 0.2) is 10.8 Å². The maximum absolute atomic E-state index is 13.0. The van der Waals surface area contributed by atoms with Gasteiger partial charge in [-0.1, -0.05) is 25.4 Å². The zero-order chi connectivity index (χ0) is 21.6. The van der Waals surface area contributed by atoms with E-state index in [1.807, 2.05) is 13.8 Å². The standard InChI is InChI=1S/C19H15ClF2N6O2/c1-19(2)5-11(12-8-24-14-4-13(20)27-28(14)15(12)19)16(29)26-10-3-9(6-23)17(25-7-10)30-18(21)22/h3-4,7-8,11,18H,5H2,1-2H3,(H,26,29)/t11-/m1/s1. The largest absolute Gasteiger partial charge is 0.415 e. The highest BCUT2D eigenvalue weighted by molar-refractivity contribution is 6.29. The number of amides is 1. The highest BCUT2D eigenvalue weighted by Crippen LogP contribution is 2.46. The number of alkyl halides is 2. The van der Waals surface area contributed by atoms with Gasteiger partial charge in [0.1, 0.15) is 11.6 Å². The molecule has 1 aliphatic carbocycles. The normalized spacial score (nSPS) is 17.0. The number of carbonyl (C=O) groups excluding carboxylic acids is 1. The molecule has 0 spiro atoms. The van der Waals surface area contributed by atoms with Crippen LogP contribution in [0.5, 0.6) is 5.88 Å². The minimum absolute atomic E-state index is 0.195. The molecular formula is C19H15ClF2N6O2. The fraction of sp³-hybridized carbons (Fsp3) is 0.316. The van der Waals surface area contributed by atoms with E-state index < -0.39 is 18.4 Å². The van der Waals surface area contributed by atoms with Gasteiger partial charge in [-0.3, -0.25) is 4.79 Å². The molecule has 0 saturated heterocycles. The third-order valence-electron chi connectivity index (χ3n) is 4.97. The monoisotopic (exact) mass is 432 g/mol. The summed E-state index contributed by atoms with van der Waals surface area (Å²) < 4.78 is 30.7. The number of carbonyl (C=O) groups is 1. The molecule has 154 valence electrons. The second-order valence-corrected chi connectivity index (χ2v) is 7.88. The number of hydrogen-bond donors (Lipinski definition) is 1. The van der Waals surface area contributed by atoms with Crippen molar-refractivity contribution in [3.05, 3.63) is 46.5 Å². The van der Waals surface area contributed by atoms with Gasteiger partial charge in [-0.15, -0.1) is 0 Å². The number of anilines is 1. The number of nitriles is 1. The van der Waals surface area contributed by atoms with Crippen molar-refractivity contribution in [1.29, 1.82) is 5.26 Å². The van der Waals surface area contributed by atoms with Gasteiger partial charge in [0.05, 0.1) is 23.5 Å². The van der Waals surface area contributed by atoms with Crippen molar-refractivity contribution < 1.29 is 18.3 Å². The Bertz CT molecular complexity index is 1200. The Balaban J connectivity index is 1.65. The summed E-state index contributed by atoms with van der Waals surface area (Å²) in [7, 11) is 0. The highest BCUT2D eigenvalue weighted by atomic mass is 35.5. The summed E-state index contributed by atoms with van der Waals surface area (Å²) >= 11 is 6.02. The lowest BCUT2D eigenvalue weighted by molar-refractivity contribution is -0.117. The van der Waals surface area contributed by atoms with E-state index in [9.17, 15) is 13.6 Å². The van der Waals surface area contributed by atoms with Crippen LogP contribution in [0.1, 0.15) is 43.0 Å². The van der Waals surface area contributed by atoms with Crippen molar-refractivity contribution in [2.75, 3.05) is 5.32 Å². The topological polar surface area (TPSA) is 105 Å². The predicted molar refractivity (Wildman–Crippen MR) is 103 cm³/mol. The molecule has 0 saturated carbocycles. The zero-order valence-electron chi connectivity index (χ0n) is 15.9. The van der Waals surface area contributed by atoms with Crippen LogP contribution in [0, 0.1) is 11.3 Å². The average Bonchev–Trinajstić information content (AvgIpc) is 3.18. The van der Waals surface area contributed by atoms with Crippen LogP contribution in [-0.2, 0) is 10.2 Å². The molecule has 0 unspecified atom stereocenters. The van der Waals surface area contributed by atoms with Crippen molar-refractivity contribution in [2.24, 2.45) is 0 Å². The van der Waals surface area contributed by atoms with Crippen LogP contribution in [0.3, 0.4) is 0 Å². The van der Waals surface area contributed by atoms with Gasteiger partial charge in [0.2, 0.25) is 11.8 Å². The summed E-state index contributed by atoms with van der Waals surface area (Å²) in [6.07, 6.45) is 3.30. The molecule has 1 N–H and O–H groups in total. The summed E-state index contributed by atoms with van der Waals surface area (Å²) in [5, 5.41) is 16.4. The fourth-order valence-electron chi connectivity index (χ4n) is 3.81. The minimum Gasteiger partial charge on any atom is -0.415 e. The Labute approximate surface area is 174 Å². The Kier molecular flexibility index (Phi) is 4.78. The molecule has 30 heavy (non-hydrogen) atoms. The van der Waals surface area contributed by atoms with Crippen LogP contribution >= 0.6 is 11.6 Å². The Morgan fingerprint density at radius 3 is 2.87 bits per heavy atom. The molecule has 4 rings (SSSR count). The molecule has 0 bridgehead atoms. The molecule has 3 aromatic rings. The lowest BCUT2D eigenvalue weighted by Crippen LogP contribution is -2.22. The van der Waals surface area contributed by atoms with E-state index in [1.54, 1.807) is 22.8 Å². The molecule has 0 radical (unpaired) electrons. The predicted octanol–water partition coefficient (Wildman–Crippen LogP) is 3.65. The second-order valence-electron chi connectivity index (χ2n) is 7.50. The number of ether oxygens (including phenoxy) is 1. The van der Waals surface area contributed by atoms with Gasteiger partial charge in [-0.2, -0.15) is 19.1 Å². The number of pyridine rings is 1.